The Hall–Kier alpha value is -1.89. The summed E-state index contributed by atoms with van der Waals surface area (Å²) < 4.78 is 1.71. The van der Waals surface area contributed by atoms with Gasteiger partial charge in [-0.2, -0.15) is 5.10 Å². The number of nitrogens with zero attached hydrogens (tertiary/aromatic N) is 3. The number of rotatable bonds is 5. The maximum Gasteiger partial charge on any atom is 0.225 e. The molecule has 144 valence electrons. The summed E-state index contributed by atoms with van der Waals surface area (Å²) in [6.45, 7) is 0.468. The smallest absolute Gasteiger partial charge is 0.225 e. The zero-order chi connectivity index (χ0) is 18.7. The molecule has 7 nitrogen and oxygen atoms in total. The highest BCUT2D eigenvalue weighted by Gasteiger charge is 2.40. The number of carbonyl (C=O) groups excluding carboxylic acids is 2. The van der Waals surface area contributed by atoms with Crippen molar-refractivity contribution in [3.8, 4) is 0 Å². The lowest BCUT2D eigenvalue weighted by Gasteiger charge is -2.39. The van der Waals surface area contributed by atoms with Gasteiger partial charge in [-0.1, -0.05) is 19.3 Å². The molecule has 1 aromatic heterocycles. The van der Waals surface area contributed by atoms with Crippen LogP contribution in [0.4, 0.5) is 0 Å². The second kappa shape index (κ2) is 8.20. The van der Waals surface area contributed by atoms with E-state index in [4.69, 9.17) is 5.73 Å². The van der Waals surface area contributed by atoms with Crippen molar-refractivity contribution >= 4 is 11.8 Å². The van der Waals surface area contributed by atoms with Crippen molar-refractivity contribution in [3.05, 3.63) is 18.0 Å². The van der Waals surface area contributed by atoms with Crippen LogP contribution in [0.1, 0.15) is 56.6 Å². The minimum atomic E-state index is -0.269. The molecule has 2 aliphatic rings. The van der Waals surface area contributed by atoms with Gasteiger partial charge in [0.25, 0.3) is 0 Å². The zero-order valence-corrected chi connectivity index (χ0v) is 15.9. The lowest BCUT2D eigenvalue weighted by molar-refractivity contribution is -0.142. The molecule has 0 bridgehead atoms. The van der Waals surface area contributed by atoms with Crippen LogP contribution in [0.5, 0.6) is 0 Å². The highest BCUT2D eigenvalue weighted by atomic mass is 16.2. The summed E-state index contributed by atoms with van der Waals surface area (Å²) in [5.74, 6) is 0.293. The summed E-state index contributed by atoms with van der Waals surface area (Å²) in [5.41, 5.74) is 6.89. The topological polar surface area (TPSA) is 93.2 Å². The summed E-state index contributed by atoms with van der Waals surface area (Å²) in [6, 6.07) is -0.241. The van der Waals surface area contributed by atoms with Gasteiger partial charge in [-0.25, -0.2) is 0 Å². The number of hydrogen-bond donors (Lipinski definition) is 2. The average Bonchev–Trinajstić information content (AvgIpc) is 3.08. The number of aromatic nitrogens is 2. The van der Waals surface area contributed by atoms with Crippen LogP contribution in [-0.4, -0.2) is 46.1 Å². The van der Waals surface area contributed by atoms with E-state index in [9.17, 15) is 9.59 Å². The predicted molar refractivity (Wildman–Crippen MR) is 99.0 cm³/mol. The van der Waals surface area contributed by atoms with Crippen LogP contribution in [0, 0.1) is 11.8 Å². The number of amides is 2. The van der Waals surface area contributed by atoms with Gasteiger partial charge in [-0.15, -0.1) is 0 Å². The molecule has 1 aromatic rings. The van der Waals surface area contributed by atoms with Gasteiger partial charge in [0.1, 0.15) is 0 Å². The van der Waals surface area contributed by atoms with E-state index in [1.165, 1.54) is 19.3 Å². The van der Waals surface area contributed by atoms with E-state index in [-0.39, 0.29) is 29.8 Å². The normalized spacial score (nSPS) is 26.0. The van der Waals surface area contributed by atoms with Crippen LogP contribution in [0.2, 0.25) is 0 Å². The fraction of sp³-hybridized carbons (Fsp3) is 0.737. The molecule has 7 heteroatoms. The Morgan fingerprint density at radius 1 is 1.31 bits per heavy atom. The average molecular weight is 361 g/mol. The number of hydrogen-bond acceptors (Lipinski definition) is 4. The van der Waals surface area contributed by atoms with E-state index in [0.29, 0.717) is 25.3 Å². The first kappa shape index (κ1) is 18.9. The minimum absolute atomic E-state index is 0.0132. The Morgan fingerprint density at radius 3 is 2.65 bits per heavy atom. The van der Waals surface area contributed by atoms with Crippen LogP contribution < -0.4 is 11.1 Å². The van der Waals surface area contributed by atoms with Gasteiger partial charge in [-0.3, -0.25) is 14.3 Å². The molecule has 1 saturated carbocycles. The maximum atomic E-state index is 13.1. The molecular weight excluding hydrogens is 330 g/mol. The van der Waals surface area contributed by atoms with Gasteiger partial charge >= 0.3 is 0 Å². The number of nitrogens with two attached hydrogens (primary N) is 1. The van der Waals surface area contributed by atoms with Crippen LogP contribution in [0.3, 0.4) is 0 Å². The number of piperidine rings is 1. The van der Waals surface area contributed by atoms with Crippen molar-refractivity contribution in [2.24, 2.45) is 24.6 Å². The van der Waals surface area contributed by atoms with Crippen molar-refractivity contribution in [3.63, 3.8) is 0 Å². The first-order valence-electron chi connectivity index (χ1n) is 9.76. The first-order chi connectivity index (χ1) is 12.5. The zero-order valence-electron chi connectivity index (χ0n) is 15.9. The number of carbonyl (C=O) groups is 2. The number of aryl methyl sites for hydroxylation is 1. The lowest BCUT2D eigenvalue weighted by Crippen LogP contribution is -2.52. The van der Waals surface area contributed by atoms with Crippen LogP contribution in [0.15, 0.2) is 12.4 Å². The molecule has 3 atom stereocenters. The third-order valence-electron chi connectivity index (χ3n) is 6.06. The Bertz CT molecular complexity index is 638. The van der Waals surface area contributed by atoms with Crippen molar-refractivity contribution in [2.45, 2.75) is 57.0 Å². The molecule has 26 heavy (non-hydrogen) atoms. The Balaban J connectivity index is 1.75. The van der Waals surface area contributed by atoms with Crippen molar-refractivity contribution < 1.29 is 9.59 Å². The van der Waals surface area contributed by atoms with E-state index >= 15 is 0 Å². The standard InChI is InChI=1S/C19H31N5O2/c1-23-12-14(11-21-23)18-15(8-9-17(25)24(18)2)19(26)22-16(10-20)13-6-4-3-5-7-13/h11-13,15-16,18H,3-10,20H2,1-2H3,(H,22,26). The lowest BCUT2D eigenvalue weighted by atomic mass is 9.82. The summed E-state index contributed by atoms with van der Waals surface area (Å²) in [7, 11) is 3.62. The molecular formula is C19H31N5O2. The Labute approximate surface area is 155 Å². The molecule has 2 fully saturated rings. The van der Waals surface area contributed by atoms with Crippen molar-refractivity contribution in [1.82, 2.24) is 20.0 Å². The van der Waals surface area contributed by atoms with Crippen LogP contribution in [0.25, 0.3) is 0 Å². The van der Waals surface area contributed by atoms with Gasteiger partial charge < -0.3 is 16.0 Å². The summed E-state index contributed by atoms with van der Waals surface area (Å²) >= 11 is 0. The van der Waals surface area contributed by atoms with Gasteiger partial charge in [0.2, 0.25) is 11.8 Å². The second-order valence-corrected chi connectivity index (χ2v) is 7.79. The third-order valence-corrected chi connectivity index (χ3v) is 6.06. The molecule has 1 aliphatic carbocycles. The first-order valence-corrected chi connectivity index (χ1v) is 9.76. The fourth-order valence-electron chi connectivity index (χ4n) is 4.56. The number of nitrogens with one attached hydrogen (secondary N) is 1. The fourth-order valence-corrected chi connectivity index (χ4v) is 4.56. The Morgan fingerprint density at radius 2 is 2.04 bits per heavy atom. The van der Waals surface area contributed by atoms with Gasteiger partial charge in [0.15, 0.2) is 0 Å². The molecule has 0 aromatic carbocycles. The van der Waals surface area contributed by atoms with Gasteiger partial charge in [0, 0.05) is 44.9 Å². The van der Waals surface area contributed by atoms with Gasteiger partial charge in [0.05, 0.1) is 18.2 Å². The molecule has 2 amide bonds. The van der Waals surface area contributed by atoms with Crippen molar-refractivity contribution in [2.75, 3.05) is 13.6 Å². The van der Waals surface area contributed by atoms with E-state index in [0.717, 1.165) is 18.4 Å². The summed E-state index contributed by atoms with van der Waals surface area (Å²) in [6.07, 6.45) is 10.6. The van der Waals surface area contributed by atoms with Crippen LogP contribution >= 0.6 is 0 Å². The molecule has 3 N–H and O–H groups in total. The predicted octanol–water partition coefficient (Wildman–Crippen LogP) is 1.35. The molecule has 2 heterocycles. The largest absolute Gasteiger partial charge is 0.352 e. The van der Waals surface area contributed by atoms with Gasteiger partial charge in [-0.05, 0) is 25.2 Å². The molecule has 3 unspecified atom stereocenters. The van der Waals surface area contributed by atoms with E-state index < -0.39 is 0 Å². The highest BCUT2D eigenvalue weighted by Crippen LogP contribution is 2.36. The molecule has 0 spiro atoms. The summed E-state index contributed by atoms with van der Waals surface area (Å²) in [4.78, 5) is 27.0. The second-order valence-electron chi connectivity index (χ2n) is 7.79. The monoisotopic (exact) mass is 361 g/mol. The maximum absolute atomic E-state index is 13.1. The minimum Gasteiger partial charge on any atom is -0.352 e. The highest BCUT2D eigenvalue weighted by molar-refractivity contribution is 5.85. The van der Waals surface area contributed by atoms with E-state index in [1.54, 1.807) is 22.8 Å². The SMILES string of the molecule is CN1C(=O)CCC(C(=O)NC(CN)C2CCCCC2)C1c1cnn(C)c1. The van der Waals surface area contributed by atoms with Crippen LogP contribution in [-0.2, 0) is 16.6 Å². The van der Waals surface area contributed by atoms with E-state index in [1.807, 2.05) is 13.2 Å². The third kappa shape index (κ3) is 3.92. The quantitative estimate of drug-likeness (QED) is 0.828. The summed E-state index contributed by atoms with van der Waals surface area (Å²) in [5, 5.41) is 7.44. The van der Waals surface area contributed by atoms with Crippen molar-refractivity contribution in [1.29, 1.82) is 0 Å². The molecule has 1 aliphatic heterocycles. The molecule has 3 rings (SSSR count). The molecule has 1 saturated heterocycles. The van der Waals surface area contributed by atoms with E-state index in [2.05, 4.69) is 10.4 Å². The molecule has 0 radical (unpaired) electrons. The Kier molecular flexibility index (Phi) is 5.96. The number of likely N-dealkylation sites (tertiary alicyclic amines) is 1.